The molecule has 1 saturated heterocycles. The van der Waals surface area contributed by atoms with Crippen LogP contribution in [0.1, 0.15) is 68.4 Å². The summed E-state index contributed by atoms with van der Waals surface area (Å²) < 4.78 is 0. The van der Waals surface area contributed by atoms with Crippen molar-refractivity contribution in [2.45, 2.75) is 51.6 Å². The third kappa shape index (κ3) is 4.55. The van der Waals surface area contributed by atoms with Crippen molar-refractivity contribution in [1.82, 2.24) is 14.9 Å². The van der Waals surface area contributed by atoms with Crippen LogP contribution in [-0.4, -0.2) is 52.1 Å². The molecule has 1 amide bonds. The van der Waals surface area contributed by atoms with Gasteiger partial charge in [-0.2, -0.15) is 0 Å². The Morgan fingerprint density at radius 2 is 1.84 bits per heavy atom. The van der Waals surface area contributed by atoms with Gasteiger partial charge in [0.05, 0.1) is 17.7 Å². The number of carbonyl (C=O) groups is 1. The highest BCUT2D eigenvalue weighted by molar-refractivity contribution is 6.30. The number of hydrogen-bond acceptors (Lipinski definition) is 5. The molecule has 3 atom stereocenters. The molecule has 1 aliphatic heterocycles. The van der Waals surface area contributed by atoms with E-state index >= 15 is 0 Å². The predicted molar refractivity (Wildman–Crippen MR) is 122 cm³/mol. The fourth-order valence-corrected chi connectivity index (χ4v) is 4.99. The minimum absolute atomic E-state index is 0.151. The number of piperazine rings is 1. The monoisotopic (exact) mass is 442 g/mol. The van der Waals surface area contributed by atoms with Gasteiger partial charge in [0.15, 0.2) is 0 Å². The van der Waals surface area contributed by atoms with Crippen LogP contribution in [0.25, 0.3) is 0 Å². The van der Waals surface area contributed by atoms with Gasteiger partial charge in [-0.05, 0) is 42.4 Å². The van der Waals surface area contributed by atoms with E-state index in [1.165, 1.54) is 0 Å². The summed E-state index contributed by atoms with van der Waals surface area (Å²) in [7, 11) is 0. The summed E-state index contributed by atoms with van der Waals surface area (Å²) in [6, 6.07) is 7.67. The fourth-order valence-electron chi connectivity index (χ4n) is 4.86. The van der Waals surface area contributed by atoms with Gasteiger partial charge in [0.2, 0.25) is 5.91 Å². The van der Waals surface area contributed by atoms with E-state index in [0.717, 1.165) is 42.1 Å². The molecule has 0 saturated carbocycles. The topological polar surface area (TPSA) is 69.6 Å². The molecule has 2 heterocycles. The number of aliphatic hydroxyl groups is 1. The van der Waals surface area contributed by atoms with Crippen LogP contribution in [0.5, 0.6) is 0 Å². The first-order valence-electron chi connectivity index (χ1n) is 11.2. The average Bonchev–Trinajstić information content (AvgIpc) is 3.06. The molecule has 0 spiro atoms. The molecular weight excluding hydrogens is 412 g/mol. The van der Waals surface area contributed by atoms with E-state index in [1.54, 1.807) is 6.33 Å². The predicted octanol–water partition coefficient (Wildman–Crippen LogP) is 4.15. The Bertz CT molecular complexity index is 926. The van der Waals surface area contributed by atoms with Gasteiger partial charge >= 0.3 is 0 Å². The number of halogens is 1. The molecule has 2 aromatic rings. The van der Waals surface area contributed by atoms with Crippen molar-refractivity contribution in [3.63, 3.8) is 0 Å². The van der Waals surface area contributed by atoms with Crippen LogP contribution < -0.4 is 4.90 Å². The lowest BCUT2D eigenvalue weighted by molar-refractivity contribution is -0.133. The van der Waals surface area contributed by atoms with Crippen LogP contribution in [0.15, 0.2) is 30.6 Å². The van der Waals surface area contributed by atoms with Gasteiger partial charge in [0.25, 0.3) is 0 Å². The SMILES string of the molecule is CC(C)C[C@@H](C(=O)N1CCN(c2ncnc3c2[C@H](C)C[C@H]3O)CC1)c1ccc(Cl)cc1. The Balaban J connectivity index is 1.48. The van der Waals surface area contributed by atoms with Crippen molar-refractivity contribution in [2.75, 3.05) is 31.1 Å². The van der Waals surface area contributed by atoms with Gasteiger partial charge < -0.3 is 14.9 Å². The number of aromatic nitrogens is 2. The van der Waals surface area contributed by atoms with Crippen molar-refractivity contribution in [3.05, 3.63) is 52.4 Å². The standard InChI is InChI=1S/C24H31ClN4O2/c1-15(2)12-19(17-4-6-18(25)7-5-17)24(31)29-10-8-28(9-11-29)23-21-16(3)13-20(30)22(21)26-14-27-23/h4-7,14-16,19-20,30H,8-13H2,1-3H3/t16-,19-,20-/m1/s1. The zero-order chi connectivity index (χ0) is 22.1. The van der Waals surface area contributed by atoms with Crippen LogP contribution in [0, 0.1) is 5.92 Å². The molecule has 2 aliphatic rings. The van der Waals surface area contributed by atoms with Gasteiger partial charge in [-0.3, -0.25) is 4.79 Å². The number of rotatable bonds is 5. The molecule has 7 heteroatoms. The molecule has 1 N–H and O–H groups in total. The van der Waals surface area contributed by atoms with Crippen molar-refractivity contribution < 1.29 is 9.90 Å². The van der Waals surface area contributed by atoms with Crippen LogP contribution in [0.3, 0.4) is 0 Å². The first-order valence-corrected chi connectivity index (χ1v) is 11.5. The van der Waals surface area contributed by atoms with Crippen molar-refractivity contribution in [1.29, 1.82) is 0 Å². The molecule has 166 valence electrons. The molecule has 1 fully saturated rings. The zero-order valence-electron chi connectivity index (χ0n) is 18.5. The molecular formula is C24H31ClN4O2. The second-order valence-electron chi connectivity index (χ2n) is 9.19. The maximum absolute atomic E-state index is 13.5. The fraction of sp³-hybridized carbons (Fsp3) is 0.542. The Morgan fingerprint density at radius 3 is 2.48 bits per heavy atom. The smallest absolute Gasteiger partial charge is 0.230 e. The minimum Gasteiger partial charge on any atom is -0.387 e. The Kier molecular flexibility index (Phi) is 6.49. The number of amides is 1. The van der Waals surface area contributed by atoms with Crippen molar-refractivity contribution in [3.8, 4) is 0 Å². The lowest BCUT2D eigenvalue weighted by Crippen LogP contribution is -2.50. The minimum atomic E-state index is -0.509. The van der Waals surface area contributed by atoms with Crippen LogP contribution in [0.4, 0.5) is 5.82 Å². The lowest BCUT2D eigenvalue weighted by Gasteiger charge is -2.38. The van der Waals surface area contributed by atoms with Crippen LogP contribution >= 0.6 is 11.6 Å². The number of carbonyl (C=O) groups excluding carboxylic acids is 1. The van der Waals surface area contributed by atoms with E-state index in [0.29, 0.717) is 30.5 Å². The summed E-state index contributed by atoms with van der Waals surface area (Å²) in [4.78, 5) is 26.5. The summed E-state index contributed by atoms with van der Waals surface area (Å²) in [5, 5.41) is 11.0. The first kappa shape index (κ1) is 22.0. The summed E-state index contributed by atoms with van der Waals surface area (Å²) in [6.07, 6.45) is 2.55. The molecule has 0 unspecified atom stereocenters. The summed E-state index contributed by atoms with van der Waals surface area (Å²) in [5.41, 5.74) is 2.85. The number of benzene rings is 1. The zero-order valence-corrected chi connectivity index (χ0v) is 19.2. The average molecular weight is 443 g/mol. The van der Waals surface area contributed by atoms with Crippen molar-refractivity contribution >= 4 is 23.3 Å². The first-order chi connectivity index (χ1) is 14.8. The van der Waals surface area contributed by atoms with E-state index in [9.17, 15) is 9.90 Å². The molecule has 0 radical (unpaired) electrons. The number of anilines is 1. The third-order valence-electron chi connectivity index (χ3n) is 6.45. The second kappa shape index (κ2) is 9.13. The Morgan fingerprint density at radius 1 is 1.16 bits per heavy atom. The summed E-state index contributed by atoms with van der Waals surface area (Å²) in [6.45, 7) is 9.21. The Labute approximate surface area is 189 Å². The van der Waals surface area contributed by atoms with Gasteiger partial charge in [-0.1, -0.05) is 44.5 Å². The highest BCUT2D eigenvalue weighted by Gasteiger charge is 2.35. The highest BCUT2D eigenvalue weighted by Crippen LogP contribution is 2.42. The molecule has 31 heavy (non-hydrogen) atoms. The highest BCUT2D eigenvalue weighted by atomic mass is 35.5. The van der Waals surface area contributed by atoms with Gasteiger partial charge in [0, 0.05) is 36.8 Å². The lowest BCUT2D eigenvalue weighted by atomic mass is 9.89. The van der Waals surface area contributed by atoms with E-state index in [4.69, 9.17) is 11.6 Å². The maximum Gasteiger partial charge on any atom is 0.230 e. The molecule has 1 aromatic heterocycles. The molecule has 6 nitrogen and oxygen atoms in total. The molecule has 1 aliphatic carbocycles. The molecule has 4 rings (SSSR count). The van der Waals surface area contributed by atoms with Gasteiger partial charge in [0.1, 0.15) is 12.1 Å². The van der Waals surface area contributed by atoms with Crippen LogP contribution in [-0.2, 0) is 4.79 Å². The summed E-state index contributed by atoms with van der Waals surface area (Å²) in [5.74, 6) is 1.61. The number of hydrogen-bond donors (Lipinski definition) is 1. The number of aliphatic hydroxyl groups excluding tert-OH is 1. The number of fused-ring (bicyclic) bond motifs is 1. The summed E-state index contributed by atoms with van der Waals surface area (Å²) >= 11 is 6.06. The van der Waals surface area contributed by atoms with Crippen molar-refractivity contribution in [2.24, 2.45) is 5.92 Å². The van der Waals surface area contributed by atoms with Crippen LogP contribution in [0.2, 0.25) is 5.02 Å². The Hall–Kier alpha value is -2.18. The van der Waals surface area contributed by atoms with E-state index in [-0.39, 0.29) is 17.7 Å². The van der Waals surface area contributed by atoms with E-state index in [1.807, 2.05) is 29.2 Å². The van der Waals surface area contributed by atoms with E-state index in [2.05, 4.69) is 35.6 Å². The molecule has 0 bridgehead atoms. The normalized spacial score (nSPS) is 22.0. The quantitative estimate of drug-likeness (QED) is 0.753. The van der Waals surface area contributed by atoms with E-state index < -0.39 is 6.10 Å². The van der Waals surface area contributed by atoms with Gasteiger partial charge in [-0.15, -0.1) is 0 Å². The second-order valence-corrected chi connectivity index (χ2v) is 9.63. The third-order valence-corrected chi connectivity index (χ3v) is 6.70. The number of nitrogens with zero attached hydrogens (tertiary/aromatic N) is 4. The molecule has 1 aromatic carbocycles. The largest absolute Gasteiger partial charge is 0.387 e. The maximum atomic E-state index is 13.5. The van der Waals surface area contributed by atoms with Gasteiger partial charge in [-0.25, -0.2) is 9.97 Å².